The minimum Gasteiger partial charge on any atom is -0.352 e. The van der Waals surface area contributed by atoms with E-state index in [9.17, 15) is 13.2 Å². The van der Waals surface area contributed by atoms with Gasteiger partial charge in [0.2, 0.25) is 0 Å². The van der Waals surface area contributed by atoms with E-state index in [1.807, 2.05) is 30.3 Å². The molecule has 0 saturated heterocycles. The summed E-state index contributed by atoms with van der Waals surface area (Å²) < 4.78 is 43.5. The topological polar surface area (TPSA) is 12.0 Å². The third-order valence-corrected chi connectivity index (χ3v) is 5.64. The van der Waals surface area contributed by atoms with Crippen LogP contribution in [0.15, 0.2) is 67.2 Å². The van der Waals surface area contributed by atoms with Gasteiger partial charge < -0.3 is 5.32 Å². The van der Waals surface area contributed by atoms with Gasteiger partial charge in [-0.1, -0.05) is 69.7 Å². The summed E-state index contributed by atoms with van der Waals surface area (Å²) in [6.45, 7) is 7.72. The number of nitrogens with one attached hydrogen (secondary N) is 1. The summed E-state index contributed by atoms with van der Waals surface area (Å²) in [5, 5.41) is 2.88. The Balaban J connectivity index is 1.89. The van der Waals surface area contributed by atoms with E-state index < -0.39 is 17.5 Å². The van der Waals surface area contributed by atoms with Crippen molar-refractivity contribution in [1.29, 1.82) is 0 Å². The lowest BCUT2D eigenvalue weighted by Crippen LogP contribution is -2.03. The molecule has 162 valence electrons. The smallest absolute Gasteiger partial charge is 0.147 e. The number of benzene rings is 3. The van der Waals surface area contributed by atoms with E-state index in [2.05, 4.69) is 25.7 Å². The molecule has 3 aromatic rings. The first-order valence-electron chi connectivity index (χ1n) is 10.7. The van der Waals surface area contributed by atoms with Crippen molar-refractivity contribution in [3.63, 3.8) is 0 Å². The number of hydrogen-bond donors (Lipinski definition) is 1. The van der Waals surface area contributed by atoms with Gasteiger partial charge in [0.05, 0.1) is 11.4 Å². The van der Waals surface area contributed by atoms with Gasteiger partial charge in [-0.05, 0) is 59.7 Å². The average Bonchev–Trinajstić information content (AvgIpc) is 2.75. The lowest BCUT2D eigenvalue weighted by Gasteiger charge is -2.17. The van der Waals surface area contributed by atoms with Gasteiger partial charge in [-0.2, -0.15) is 0 Å². The van der Waals surface area contributed by atoms with Gasteiger partial charge in [-0.25, -0.2) is 13.2 Å². The number of anilines is 2. The Bertz CT molecular complexity index is 1040. The van der Waals surface area contributed by atoms with E-state index in [0.717, 1.165) is 30.4 Å². The molecule has 0 amide bonds. The molecule has 0 saturated carbocycles. The quantitative estimate of drug-likeness (QED) is 0.363. The summed E-state index contributed by atoms with van der Waals surface area (Å²) in [7, 11) is 0. The normalized spacial score (nSPS) is 11.9. The molecule has 0 fully saturated rings. The van der Waals surface area contributed by atoms with E-state index in [-0.39, 0.29) is 16.9 Å². The number of aryl methyl sites for hydroxylation is 1. The fourth-order valence-electron chi connectivity index (χ4n) is 3.70. The Hall–Kier alpha value is -3.01. The lowest BCUT2D eigenvalue weighted by atomic mass is 9.95. The van der Waals surface area contributed by atoms with Crippen LogP contribution in [-0.4, -0.2) is 0 Å². The molecule has 1 unspecified atom stereocenters. The van der Waals surface area contributed by atoms with Crippen molar-refractivity contribution in [2.75, 3.05) is 5.32 Å². The van der Waals surface area contributed by atoms with Crippen LogP contribution < -0.4 is 5.32 Å². The summed E-state index contributed by atoms with van der Waals surface area (Å²) >= 11 is 0. The van der Waals surface area contributed by atoms with Gasteiger partial charge >= 0.3 is 0 Å². The van der Waals surface area contributed by atoms with Crippen molar-refractivity contribution in [3.8, 4) is 11.1 Å². The standard InChI is InChI=1S/C27H28F3N/c1-4-18(2)9-8-12-22-15-23(29)17-26(27(22)19(3)28)31-25-14-13-21(16-24(25)30)20-10-6-5-7-11-20/h5-7,10-11,13-18,31H,3-4,8-9,12H2,1-2H3. The zero-order valence-electron chi connectivity index (χ0n) is 18.0. The highest BCUT2D eigenvalue weighted by atomic mass is 19.1. The van der Waals surface area contributed by atoms with Crippen LogP contribution in [0.4, 0.5) is 24.5 Å². The Morgan fingerprint density at radius 1 is 0.968 bits per heavy atom. The summed E-state index contributed by atoms with van der Waals surface area (Å²) in [6.07, 6.45) is 3.39. The van der Waals surface area contributed by atoms with Crippen LogP contribution in [0.1, 0.15) is 44.2 Å². The largest absolute Gasteiger partial charge is 0.352 e. The fourth-order valence-corrected chi connectivity index (χ4v) is 3.70. The summed E-state index contributed by atoms with van der Waals surface area (Å²) in [4.78, 5) is 0. The Kier molecular flexibility index (Phi) is 7.56. The van der Waals surface area contributed by atoms with Gasteiger partial charge in [0.15, 0.2) is 0 Å². The summed E-state index contributed by atoms with van der Waals surface area (Å²) in [5.74, 6) is -1.10. The SMILES string of the molecule is C=C(F)c1c(CCCC(C)CC)cc(F)cc1Nc1ccc(-c2ccccc2)cc1F. The van der Waals surface area contributed by atoms with Gasteiger partial charge in [0.25, 0.3) is 0 Å². The van der Waals surface area contributed by atoms with E-state index >= 15 is 0 Å². The zero-order valence-corrected chi connectivity index (χ0v) is 18.0. The maximum Gasteiger partial charge on any atom is 0.147 e. The number of rotatable bonds is 9. The monoisotopic (exact) mass is 423 g/mol. The molecule has 3 aromatic carbocycles. The molecule has 0 aliphatic heterocycles. The van der Waals surface area contributed by atoms with Gasteiger partial charge in [-0.3, -0.25) is 0 Å². The highest BCUT2D eigenvalue weighted by Gasteiger charge is 2.16. The minimum atomic E-state index is -0.664. The molecule has 0 spiro atoms. The van der Waals surface area contributed by atoms with Crippen LogP contribution in [0.25, 0.3) is 17.0 Å². The molecule has 1 nitrogen and oxygen atoms in total. The van der Waals surface area contributed by atoms with Gasteiger partial charge in [0.1, 0.15) is 17.5 Å². The van der Waals surface area contributed by atoms with Crippen LogP contribution >= 0.6 is 0 Å². The molecular weight excluding hydrogens is 395 g/mol. The molecule has 0 aliphatic carbocycles. The van der Waals surface area contributed by atoms with Crippen molar-refractivity contribution in [2.45, 2.75) is 39.5 Å². The van der Waals surface area contributed by atoms with E-state index in [0.29, 0.717) is 17.9 Å². The maximum absolute atomic E-state index is 14.8. The molecule has 0 aliphatic rings. The van der Waals surface area contributed by atoms with Crippen LogP contribution in [-0.2, 0) is 6.42 Å². The predicted octanol–water partition coefficient (Wildman–Crippen LogP) is 8.68. The summed E-state index contributed by atoms with van der Waals surface area (Å²) in [5.41, 5.74) is 2.69. The molecule has 4 heteroatoms. The molecular formula is C27H28F3N. The molecule has 1 N–H and O–H groups in total. The van der Waals surface area contributed by atoms with Crippen molar-refractivity contribution >= 4 is 17.2 Å². The van der Waals surface area contributed by atoms with Crippen LogP contribution in [0, 0.1) is 17.6 Å². The number of hydrogen-bond acceptors (Lipinski definition) is 1. The van der Waals surface area contributed by atoms with Crippen molar-refractivity contribution in [3.05, 3.63) is 90.0 Å². The van der Waals surface area contributed by atoms with Crippen LogP contribution in [0.5, 0.6) is 0 Å². The third-order valence-electron chi connectivity index (χ3n) is 5.64. The fraction of sp³-hybridized carbons (Fsp3) is 0.259. The predicted molar refractivity (Wildman–Crippen MR) is 124 cm³/mol. The highest BCUT2D eigenvalue weighted by molar-refractivity contribution is 5.78. The third kappa shape index (κ3) is 5.78. The summed E-state index contributed by atoms with van der Waals surface area (Å²) in [6, 6.07) is 16.7. The van der Waals surface area contributed by atoms with E-state index in [4.69, 9.17) is 0 Å². The molecule has 0 heterocycles. The first-order chi connectivity index (χ1) is 14.9. The molecule has 0 aromatic heterocycles. The van der Waals surface area contributed by atoms with E-state index in [1.165, 1.54) is 18.2 Å². The molecule has 31 heavy (non-hydrogen) atoms. The van der Waals surface area contributed by atoms with Crippen LogP contribution in [0.3, 0.4) is 0 Å². The average molecular weight is 424 g/mol. The second kappa shape index (κ2) is 10.3. The molecule has 0 bridgehead atoms. The second-order valence-electron chi connectivity index (χ2n) is 7.98. The van der Waals surface area contributed by atoms with Crippen LogP contribution in [0.2, 0.25) is 0 Å². The minimum absolute atomic E-state index is 0.151. The Morgan fingerprint density at radius 3 is 2.35 bits per heavy atom. The maximum atomic E-state index is 14.8. The van der Waals surface area contributed by atoms with Crippen molar-refractivity contribution in [2.24, 2.45) is 5.92 Å². The highest BCUT2D eigenvalue weighted by Crippen LogP contribution is 2.34. The second-order valence-corrected chi connectivity index (χ2v) is 7.98. The van der Waals surface area contributed by atoms with Gasteiger partial charge in [-0.15, -0.1) is 0 Å². The molecule has 3 rings (SSSR count). The van der Waals surface area contributed by atoms with Crippen molar-refractivity contribution in [1.82, 2.24) is 0 Å². The number of halogens is 3. The first-order valence-corrected chi connectivity index (χ1v) is 10.7. The van der Waals surface area contributed by atoms with Gasteiger partial charge in [0, 0.05) is 5.56 Å². The molecule has 1 atom stereocenters. The Labute approximate surface area is 182 Å². The zero-order chi connectivity index (χ0) is 22.4. The Morgan fingerprint density at radius 2 is 1.71 bits per heavy atom. The first kappa shape index (κ1) is 22.7. The van der Waals surface area contributed by atoms with E-state index in [1.54, 1.807) is 12.1 Å². The lowest BCUT2D eigenvalue weighted by molar-refractivity contribution is 0.495. The van der Waals surface area contributed by atoms with Crippen molar-refractivity contribution < 1.29 is 13.2 Å². The molecule has 0 radical (unpaired) electrons.